The topological polar surface area (TPSA) is 111 Å². The second kappa shape index (κ2) is 5.32. The van der Waals surface area contributed by atoms with E-state index in [-0.39, 0.29) is 17.6 Å². The quantitative estimate of drug-likeness (QED) is 0.778. The van der Waals surface area contributed by atoms with Crippen LogP contribution in [0.25, 0.3) is 0 Å². The lowest BCUT2D eigenvalue weighted by Gasteiger charge is -2.57. The van der Waals surface area contributed by atoms with Gasteiger partial charge in [-0.2, -0.15) is 9.82 Å². The molecule has 2 atom stereocenters. The van der Waals surface area contributed by atoms with E-state index in [0.717, 1.165) is 0 Å². The average Bonchev–Trinajstić information content (AvgIpc) is 2.84. The molecule has 9 heteroatoms. The summed E-state index contributed by atoms with van der Waals surface area (Å²) in [5.74, 6) is -1.21. The molecule has 1 fully saturated rings. The lowest BCUT2D eigenvalue weighted by molar-refractivity contribution is -0.188. The Labute approximate surface area is 129 Å². The minimum absolute atomic E-state index is 0.0798. The lowest BCUT2D eigenvalue weighted by Crippen LogP contribution is -2.76. The number of aliphatic carboxylic acids is 1. The summed E-state index contributed by atoms with van der Waals surface area (Å²) in [4.78, 5) is 11.8. The highest BCUT2D eigenvalue weighted by atomic mass is 32.2. The largest absolute Gasteiger partial charge is 0.480 e. The summed E-state index contributed by atoms with van der Waals surface area (Å²) in [5.41, 5.74) is -2.48. The van der Waals surface area contributed by atoms with E-state index in [0.29, 0.717) is 6.61 Å². The van der Waals surface area contributed by atoms with Gasteiger partial charge >= 0.3 is 5.97 Å². The SMILES string of the molecule is CCOC1CC(NS(=O)(=O)c2ccnn2C)(C(=O)O)C1(C)C. The second-order valence-corrected chi connectivity index (χ2v) is 7.61. The van der Waals surface area contributed by atoms with Gasteiger partial charge in [0.2, 0.25) is 0 Å². The molecule has 0 bridgehead atoms. The molecule has 0 saturated heterocycles. The first-order valence-corrected chi connectivity index (χ1v) is 8.44. The number of hydrogen-bond donors (Lipinski definition) is 2. The number of ether oxygens (including phenoxy) is 1. The van der Waals surface area contributed by atoms with Crippen LogP contribution in [-0.2, 0) is 26.6 Å². The number of rotatable bonds is 6. The van der Waals surface area contributed by atoms with Crippen LogP contribution in [0, 0.1) is 5.41 Å². The average molecular weight is 331 g/mol. The molecule has 1 aromatic rings. The van der Waals surface area contributed by atoms with Crippen molar-refractivity contribution in [1.82, 2.24) is 14.5 Å². The van der Waals surface area contributed by atoms with Gasteiger partial charge in [-0.15, -0.1) is 0 Å². The summed E-state index contributed by atoms with van der Waals surface area (Å²) < 4.78 is 34.1. The number of aryl methyl sites for hydroxylation is 1. The van der Waals surface area contributed by atoms with Crippen LogP contribution in [0.1, 0.15) is 27.2 Å². The van der Waals surface area contributed by atoms with Crippen LogP contribution in [0.4, 0.5) is 0 Å². The Balaban J connectivity index is 2.36. The zero-order valence-corrected chi connectivity index (χ0v) is 13.8. The third-order valence-corrected chi connectivity index (χ3v) is 6.06. The van der Waals surface area contributed by atoms with Gasteiger partial charge in [0.15, 0.2) is 5.03 Å². The summed E-state index contributed by atoms with van der Waals surface area (Å²) >= 11 is 0. The van der Waals surface area contributed by atoms with Crippen LogP contribution < -0.4 is 4.72 Å². The number of hydrogen-bond acceptors (Lipinski definition) is 5. The second-order valence-electron chi connectivity index (χ2n) is 5.98. The van der Waals surface area contributed by atoms with Gasteiger partial charge in [0.25, 0.3) is 10.0 Å². The Hall–Kier alpha value is -1.45. The van der Waals surface area contributed by atoms with E-state index in [1.807, 2.05) is 6.92 Å². The predicted molar refractivity (Wildman–Crippen MR) is 77.7 cm³/mol. The molecule has 0 aliphatic heterocycles. The van der Waals surface area contributed by atoms with Crippen LogP contribution in [0.2, 0.25) is 0 Å². The Morgan fingerprint density at radius 1 is 1.59 bits per heavy atom. The van der Waals surface area contributed by atoms with Crippen molar-refractivity contribution < 1.29 is 23.1 Å². The summed E-state index contributed by atoms with van der Waals surface area (Å²) in [6, 6.07) is 1.32. The zero-order valence-electron chi connectivity index (χ0n) is 13.0. The van der Waals surface area contributed by atoms with Crippen LogP contribution in [-0.4, -0.2) is 47.5 Å². The van der Waals surface area contributed by atoms with Gasteiger partial charge < -0.3 is 9.84 Å². The van der Waals surface area contributed by atoms with Gasteiger partial charge in [-0.3, -0.25) is 9.48 Å². The van der Waals surface area contributed by atoms with Crippen molar-refractivity contribution in [2.45, 2.75) is 43.9 Å². The maximum atomic E-state index is 12.5. The van der Waals surface area contributed by atoms with E-state index in [1.54, 1.807) is 13.8 Å². The first-order chi connectivity index (χ1) is 10.1. The molecule has 0 radical (unpaired) electrons. The van der Waals surface area contributed by atoms with Crippen LogP contribution in [0.3, 0.4) is 0 Å². The number of aromatic nitrogens is 2. The first kappa shape index (κ1) is 16.9. The van der Waals surface area contributed by atoms with E-state index < -0.39 is 26.9 Å². The number of sulfonamides is 1. The highest BCUT2D eigenvalue weighted by molar-refractivity contribution is 7.89. The third-order valence-electron chi connectivity index (χ3n) is 4.49. The van der Waals surface area contributed by atoms with Crippen molar-refractivity contribution in [2.24, 2.45) is 12.5 Å². The molecule has 1 aliphatic rings. The van der Waals surface area contributed by atoms with Gasteiger partial charge in [0.05, 0.1) is 12.3 Å². The number of nitrogens with one attached hydrogen (secondary N) is 1. The first-order valence-electron chi connectivity index (χ1n) is 6.95. The van der Waals surface area contributed by atoms with Crippen LogP contribution in [0.15, 0.2) is 17.3 Å². The van der Waals surface area contributed by atoms with Gasteiger partial charge in [-0.05, 0) is 13.0 Å². The van der Waals surface area contributed by atoms with E-state index in [4.69, 9.17) is 4.74 Å². The van der Waals surface area contributed by atoms with Gasteiger partial charge in [0.1, 0.15) is 5.54 Å². The van der Waals surface area contributed by atoms with Crippen molar-refractivity contribution in [2.75, 3.05) is 6.61 Å². The van der Waals surface area contributed by atoms with Crippen molar-refractivity contribution in [3.63, 3.8) is 0 Å². The van der Waals surface area contributed by atoms with Crippen molar-refractivity contribution >= 4 is 16.0 Å². The summed E-state index contributed by atoms with van der Waals surface area (Å²) in [7, 11) is -2.52. The zero-order chi connectivity index (χ0) is 16.8. The fourth-order valence-corrected chi connectivity index (χ4v) is 4.53. The highest BCUT2D eigenvalue weighted by Gasteiger charge is 2.67. The van der Waals surface area contributed by atoms with Crippen molar-refractivity contribution in [1.29, 1.82) is 0 Å². The molecule has 22 heavy (non-hydrogen) atoms. The fraction of sp³-hybridized carbons (Fsp3) is 0.692. The molecular weight excluding hydrogens is 310 g/mol. The molecule has 2 N–H and O–H groups in total. The Morgan fingerprint density at radius 2 is 2.23 bits per heavy atom. The van der Waals surface area contributed by atoms with Crippen molar-refractivity contribution in [3.8, 4) is 0 Å². The minimum atomic E-state index is -4.01. The maximum Gasteiger partial charge on any atom is 0.325 e. The molecule has 2 unspecified atom stereocenters. The van der Waals surface area contributed by atoms with Gasteiger partial charge in [-0.1, -0.05) is 13.8 Å². The number of nitrogens with zero attached hydrogens (tertiary/aromatic N) is 2. The highest BCUT2D eigenvalue weighted by Crippen LogP contribution is 2.52. The molecule has 124 valence electrons. The summed E-state index contributed by atoms with van der Waals surface area (Å²) in [5, 5.41) is 13.4. The molecule has 1 aromatic heterocycles. The van der Waals surface area contributed by atoms with Gasteiger partial charge in [0, 0.05) is 25.5 Å². The number of carboxylic acids is 1. The van der Waals surface area contributed by atoms with Crippen molar-refractivity contribution in [3.05, 3.63) is 12.3 Å². The van der Waals surface area contributed by atoms with E-state index in [2.05, 4.69) is 9.82 Å². The Bertz CT molecular complexity index is 682. The third kappa shape index (κ3) is 2.33. The van der Waals surface area contributed by atoms with E-state index in [1.165, 1.54) is 24.0 Å². The Morgan fingerprint density at radius 3 is 2.64 bits per heavy atom. The van der Waals surface area contributed by atoms with Crippen LogP contribution >= 0.6 is 0 Å². The molecule has 0 spiro atoms. The summed E-state index contributed by atoms with van der Waals surface area (Å²) in [6.45, 7) is 5.64. The molecular formula is C13H21N3O5S. The minimum Gasteiger partial charge on any atom is -0.480 e. The molecule has 8 nitrogen and oxygen atoms in total. The smallest absolute Gasteiger partial charge is 0.325 e. The molecule has 1 saturated carbocycles. The molecule has 0 amide bonds. The normalized spacial score (nSPS) is 27.4. The molecule has 2 rings (SSSR count). The molecule has 1 heterocycles. The fourth-order valence-electron chi connectivity index (χ4n) is 2.90. The Kier molecular flexibility index (Phi) is 4.09. The monoisotopic (exact) mass is 331 g/mol. The number of carbonyl (C=O) groups is 1. The molecule has 1 aliphatic carbocycles. The van der Waals surface area contributed by atoms with E-state index >= 15 is 0 Å². The standard InChI is InChI=1S/C13H21N3O5S/c1-5-21-9-8-13(11(17)18,12(9,2)3)15-22(19,20)10-6-7-14-16(10)4/h6-7,9,15H,5,8H2,1-4H3,(H,17,18). The number of carboxylic acid groups (broad SMARTS) is 1. The lowest BCUT2D eigenvalue weighted by atomic mass is 9.54. The maximum absolute atomic E-state index is 12.5. The van der Waals surface area contributed by atoms with Crippen LogP contribution in [0.5, 0.6) is 0 Å². The summed E-state index contributed by atoms with van der Waals surface area (Å²) in [6.07, 6.45) is 1.11. The van der Waals surface area contributed by atoms with Gasteiger partial charge in [-0.25, -0.2) is 8.42 Å². The van der Waals surface area contributed by atoms with E-state index in [9.17, 15) is 18.3 Å². The predicted octanol–water partition coefficient (Wildman–Crippen LogP) is 0.357. The molecule has 0 aromatic carbocycles.